The van der Waals surface area contributed by atoms with Crippen LogP contribution in [0.5, 0.6) is 11.5 Å². The largest absolute Gasteiger partial charge is 0.486 e. The number of ether oxygens (including phenoxy) is 2. The molecule has 160 valence electrons. The molecule has 31 heavy (non-hydrogen) atoms. The molecule has 9 heteroatoms. The van der Waals surface area contributed by atoms with E-state index in [0.29, 0.717) is 36.1 Å². The van der Waals surface area contributed by atoms with Gasteiger partial charge in [-0.2, -0.15) is 0 Å². The molecule has 0 aliphatic carbocycles. The molecular formula is C22H21N3O4S2. The Morgan fingerprint density at radius 1 is 1.00 bits per heavy atom. The van der Waals surface area contributed by atoms with Crippen LogP contribution >= 0.6 is 23.1 Å². The van der Waals surface area contributed by atoms with Crippen LogP contribution in [-0.4, -0.2) is 35.8 Å². The highest BCUT2D eigenvalue weighted by Gasteiger charge is 2.14. The first-order valence-corrected chi connectivity index (χ1v) is 11.5. The van der Waals surface area contributed by atoms with E-state index in [2.05, 4.69) is 15.6 Å². The minimum atomic E-state index is -0.171. The third kappa shape index (κ3) is 5.99. The van der Waals surface area contributed by atoms with Gasteiger partial charge in [-0.15, -0.1) is 11.3 Å². The zero-order valence-corrected chi connectivity index (χ0v) is 18.5. The zero-order chi connectivity index (χ0) is 21.6. The van der Waals surface area contributed by atoms with Crippen LogP contribution in [0.15, 0.2) is 52.2 Å². The van der Waals surface area contributed by atoms with E-state index in [-0.39, 0.29) is 24.0 Å². The number of amides is 2. The molecule has 4 rings (SSSR count). The van der Waals surface area contributed by atoms with Gasteiger partial charge in [0.05, 0.1) is 17.9 Å². The van der Waals surface area contributed by atoms with Gasteiger partial charge in [-0.1, -0.05) is 29.5 Å². The standard InChI is InChI=1S/C22H21N3O4S2/c1-14-2-4-15(5-3-14)23-21(27)13-31-22-25-17(12-30-22)11-20(26)24-16-6-7-18-19(10-16)29-9-8-28-18/h2-7,10,12H,8-9,11,13H2,1H3,(H,23,27)(H,24,26). The Hall–Kier alpha value is -3.04. The Kier molecular flexibility index (Phi) is 6.73. The summed E-state index contributed by atoms with van der Waals surface area (Å²) in [5, 5.41) is 7.55. The molecule has 0 saturated heterocycles. The Balaban J connectivity index is 1.25. The second kappa shape index (κ2) is 9.84. The molecule has 0 spiro atoms. The summed E-state index contributed by atoms with van der Waals surface area (Å²) in [5.74, 6) is 1.29. The van der Waals surface area contributed by atoms with Crippen LogP contribution in [0.3, 0.4) is 0 Å². The molecule has 0 unspecified atom stereocenters. The smallest absolute Gasteiger partial charge is 0.234 e. The summed E-state index contributed by atoms with van der Waals surface area (Å²) in [6, 6.07) is 13.0. The molecule has 3 aromatic rings. The van der Waals surface area contributed by atoms with E-state index in [9.17, 15) is 9.59 Å². The Morgan fingerprint density at radius 2 is 1.71 bits per heavy atom. The number of thiazole rings is 1. The van der Waals surface area contributed by atoms with Gasteiger partial charge >= 0.3 is 0 Å². The summed E-state index contributed by atoms with van der Waals surface area (Å²) in [5.41, 5.74) is 3.22. The molecule has 0 saturated carbocycles. The third-order valence-electron chi connectivity index (χ3n) is 4.36. The number of carbonyl (C=O) groups excluding carboxylic acids is 2. The lowest BCUT2D eigenvalue weighted by Crippen LogP contribution is -2.17. The lowest BCUT2D eigenvalue weighted by atomic mass is 10.2. The van der Waals surface area contributed by atoms with Gasteiger partial charge in [0.2, 0.25) is 11.8 Å². The van der Waals surface area contributed by atoms with Crippen LogP contribution in [0.4, 0.5) is 11.4 Å². The van der Waals surface area contributed by atoms with Crippen LogP contribution in [-0.2, 0) is 16.0 Å². The van der Waals surface area contributed by atoms with Crippen LogP contribution in [0.25, 0.3) is 0 Å². The van der Waals surface area contributed by atoms with Gasteiger partial charge in [-0.25, -0.2) is 4.98 Å². The Bertz CT molecular complexity index is 1080. The van der Waals surface area contributed by atoms with E-state index in [1.165, 1.54) is 23.1 Å². The summed E-state index contributed by atoms with van der Waals surface area (Å²) >= 11 is 2.77. The van der Waals surface area contributed by atoms with Crippen molar-refractivity contribution >= 4 is 46.3 Å². The van der Waals surface area contributed by atoms with Gasteiger partial charge in [-0.3, -0.25) is 9.59 Å². The molecule has 2 N–H and O–H groups in total. The van der Waals surface area contributed by atoms with Crippen LogP contribution < -0.4 is 20.1 Å². The maximum atomic E-state index is 12.4. The quantitative estimate of drug-likeness (QED) is 0.521. The summed E-state index contributed by atoms with van der Waals surface area (Å²) in [7, 11) is 0. The van der Waals surface area contributed by atoms with Crippen molar-refractivity contribution in [2.45, 2.75) is 17.7 Å². The number of anilines is 2. The summed E-state index contributed by atoms with van der Waals surface area (Å²) in [6.07, 6.45) is 0.154. The van der Waals surface area contributed by atoms with Crippen LogP contribution in [0.2, 0.25) is 0 Å². The van der Waals surface area contributed by atoms with Gasteiger partial charge in [0, 0.05) is 22.8 Å². The van der Waals surface area contributed by atoms with Crippen molar-refractivity contribution in [1.82, 2.24) is 4.98 Å². The van der Waals surface area contributed by atoms with Gasteiger partial charge < -0.3 is 20.1 Å². The molecule has 1 aromatic heterocycles. The zero-order valence-electron chi connectivity index (χ0n) is 16.8. The van der Waals surface area contributed by atoms with Crippen molar-refractivity contribution in [2.75, 3.05) is 29.6 Å². The van der Waals surface area contributed by atoms with E-state index >= 15 is 0 Å². The molecule has 0 bridgehead atoms. The number of hydrogen-bond acceptors (Lipinski definition) is 7. The minimum Gasteiger partial charge on any atom is -0.486 e. The van der Waals surface area contributed by atoms with E-state index in [1.54, 1.807) is 18.2 Å². The molecule has 1 aliphatic heterocycles. The maximum absolute atomic E-state index is 12.4. The van der Waals surface area contributed by atoms with Crippen LogP contribution in [0, 0.1) is 6.92 Å². The third-order valence-corrected chi connectivity index (χ3v) is 6.43. The number of aromatic nitrogens is 1. The Morgan fingerprint density at radius 3 is 2.52 bits per heavy atom. The van der Waals surface area contributed by atoms with Crippen molar-refractivity contribution in [3.63, 3.8) is 0 Å². The van der Waals surface area contributed by atoms with E-state index in [4.69, 9.17) is 9.47 Å². The number of benzene rings is 2. The van der Waals surface area contributed by atoms with Gasteiger partial charge in [0.15, 0.2) is 15.8 Å². The van der Waals surface area contributed by atoms with Gasteiger partial charge in [-0.05, 0) is 31.2 Å². The second-order valence-corrected chi connectivity index (χ2v) is 8.97. The number of aryl methyl sites for hydroxylation is 1. The number of thioether (sulfide) groups is 1. The number of hydrogen-bond donors (Lipinski definition) is 2. The molecule has 2 aromatic carbocycles. The van der Waals surface area contributed by atoms with E-state index in [1.807, 2.05) is 36.6 Å². The molecule has 2 amide bonds. The number of carbonyl (C=O) groups is 2. The highest BCUT2D eigenvalue weighted by atomic mass is 32.2. The molecular weight excluding hydrogens is 434 g/mol. The van der Waals surface area contributed by atoms with Crippen molar-refractivity contribution in [2.24, 2.45) is 0 Å². The molecule has 7 nitrogen and oxygen atoms in total. The molecule has 0 fully saturated rings. The Labute approximate surface area is 188 Å². The average Bonchev–Trinajstić information content (AvgIpc) is 3.21. The lowest BCUT2D eigenvalue weighted by Gasteiger charge is -2.18. The maximum Gasteiger partial charge on any atom is 0.234 e. The molecule has 1 aliphatic rings. The first kappa shape index (κ1) is 21.2. The SMILES string of the molecule is Cc1ccc(NC(=O)CSc2nc(CC(=O)Nc3ccc4c(c3)OCCO4)cs2)cc1. The van der Waals surface area contributed by atoms with Crippen LogP contribution in [0.1, 0.15) is 11.3 Å². The second-order valence-electron chi connectivity index (χ2n) is 6.89. The van der Waals surface area contributed by atoms with E-state index in [0.717, 1.165) is 15.6 Å². The fourth-order valence-electron chi connectivity index (χ4n) is 2.89. The van der Waals surface area contributed by atoms with Crippen molar-refractivity contribution in [3.8, 4) is 11.5 Å². The normalized spacial score (nSPS) is 12.3. The average molecular weight is 456 g/mol. The highest BCUT2D eigenvalue weighted by Crippen LogP contribution is 2.32. The number of rotatable bonds is 7. The monoisotopic (exact) mass is 455 g/mol. The fraction of sp³-hybridized carbons (Fsp3) is 0.227. The summed E-state index contributed by atoms with van der Waals surface area (Å²) < 4.78 is 11.8. The number of fused-ring (bicyclic) bond motifs is 1. The van der Waals surface area contributed by atoms with Crippen molar-refractivity contribution < 1.29 is 19.1 Å². The lowest BCUT2D eigenvalue weighted by molar-refractivity contribution is -0.116. The topological polar surface area (TPSA) is 89.6 Å². The predicted octanol–water partition coefficient (Wildman–Crippen LogP) is 4.13. The fourth-order valence-corrected chi connectivity index (χ4v) is 4.53. The van der Waals surface area contributed by atoms with Gasteiger partial charge in [0.1, 0.15) is 13.2 Å². The summed E-state index contributed by atoms with van der Waals surface area (Å²) in [6.45, 7) is 3.02. The van der Waals surface area contributed by atoms with Gasteiger partial charge in [0.25, 0.3) is 0 Å². The van der Waals surface area contributed by atoms with Crippen molar-refractivity contribution in [3.05, 3.63) is 59.1 Å². The highest BCUT2D eigenvalue weighted by molar-refractivity contribution is 8.01. The number of nitrogens with one attached hydrogen (secondary N) is 2. The first-order chi connectivity index (χ1) is 15.0. The first-order valence-electron chi connectivity index (χ1n) is 9.68. The van der Waals surface area contributed by atoms with E-state index < -0.39 is 0 Å². The molecule has 0 atom stereocenters. The number of nitrogens with zero attached hydrogens (tertiary/aromatic N) is 1. The molecule has 2 heterocycles. The van der Waals surface area contributed by atoms with Crippen molar-refractivity contribution in [1.29, 1.82) is 0 Å². The summed E-state index contributed by atoms with van der Waals surface area (Å²) in [4.78, 5) is 28.9. The predicted molar refractivity (Wildman–Crippen MR) is 122 cm³/mol. The minimum absolute atomic E-state index is 0.0954. The molecule has 0 radical (unpaired) electrons.